The third-order valence-electron chi connectivity index (χ3n) is 4.92. The van der Waals surface area contributed by atoms with Gasteiger partial charge in [0.05, 0.1) is 22.9 Å². The highest BCUT2D eigenvalue weighted by molar-refractivity contribution is 5.76. The van der Waals surface area contributed by atoms with Gasteiger partial charge in [-0.3, -0.25) is 9.36 Å². The predicted molar refractivity (Wildman–Crippen MR) is 111 cm³/mol. The Morgan fingerprint density at radius 2 is 1.86 bits per heavy atom. The Hall–Kier alpha value is -3.25. The lowest BCUT2D eigenvalue weighted by Crippen LogP contribution is -2.34. The maximum Gasteiger partial charge on any atom is 0.261 e. The summed E-state index contributed by atoms with van der Waals surface area (Å²) in [6.45, 7) is 5.33. The number of hydrogen-bond acceptors (Lipinski definition) is 4. The highest BCUT2D eigenvalue weighted by Crippen LogP contribution is 2.16. The number of nitrogens with one attached hydrogen (secondary N) is 1. The molecule has 0 unspecified atom stereocenters. The molecular formula is C22H23N5O. The van der Waals surface area contributed by atoms with Crippen LogP contribution in [0.25, 0.3) is 16.6 Å². The Morgan fingerprint density at radius 1 is 1.07 bits per heavy atom. The molecule has 2 heterocycles. The summed E-state index contributed by atoms with van der Waals surface area (Å²) in [6, 6.07) is 15.8. The SMILES string of the molecule is Cc1nccn1-c1ccccc1CN[C@@H](C)Cn1cnc2ccccc2c1=O. The number of para-hydroxylation sites is 2. The van der Waals surface area contributed by atoms with E-state index in [9.17, 15) is 4.79 Å². The van der Waals surface area contributed by atoms with Gasteiger partial charge in [-0.05, 0) is 37.6 Å². The molecule has 0 saturated carbocycles. The van der Waals surface area contributed by atoms with E-state index >= 15 is 0 Å². The number of nitrogens with zero attached hydrogens (tertiary/aromatic N) is 4. The minimum atomic E-state index is -0.00584. The van der Waals surface area contributed by atoms with Crippen molar-refractivity contribution in [1.82, 2.24) is 24.4 Å². The van der Waals surface area contributed by atoms with Crippen LogP contribution in [0.1, 0.15) is 18.3 Å². The molecule has 1 atom stereocenters. The first-order chi connectivity index (χ1) is 13.6. The average molecular weight is 373 g/mol. The van der Waals surface area contributed by atoms with E-state index in [1.54, 1.807) is 17.1 Å². The summed E-state index contributed by atoms with van der Waals surface area (Å²) >= 11 is 0. The quantitative estimate of drug-likeness (QED) is 0.564. The molecule has 142 valence electrons. The number of fused-ring (bicyclic) bond motifs is 1. The summed E-state index contributed by atoms with van der Waals surface area (Å²) < 4.78 is 3.76. The van der Waals surface area contributed by atoms with Gasteiger partial charge in [-0.25, -0.2) is 9.97 Å². The Kier molecular flexibility index (Phi) is 5.04. The van der Waals surface area contributed by atoms with Crippen molar-refractivity contribution in [2.24, 2.45) is 0 Å². The topological polar surface area (TPSA) is 64.7 Å². The van der Waals surface area contributed by atoms with Crippen molar-refractivity contribution in [2.75, 3.05) is 0 Å². The molecule has 2 aromatic carbocycles. The third-order valence-corrected chi connectivity index (χ3v) is 4.92. The molecule has 28 heavy (non-hydrogen) atoms. The lowest BCUT2D eigenvalue weighted by molar-refractivity contribution is 0.467. The fourth-order valence-electron chi connectivity index (χ4n) is 3.41. The van der Waals surface area contributed by atoms with Crippen LogP contribution in [-0.2, 0) is 13.1 Å². The van der Waals surface area contributed by atoms with Crippen molar-refractivity contribution in [1.29, 1.82) is 0 Å². The van der Waals surface area contributed by atoms with Crippen LogP contribution in [0.4, 0.5) is 0 Å². The molecule has 0 fully saturated rings. The zero-order chi connectivity index (χ0) is 19.5. The summed E-state index contributed by atoms with van der Waals surface area (Å²) in [5.41, 5.74) is 3.02. The molecule has 4 rings (SSSR count). The van der Waals surface area contributed by atoms with E-state index in [1.807, 2.05) is 49.5 Å². The Labute approximate surface area is 163 Å². The van der Waals surface area contributed by atoms with E-state index in [4.69, 9.17) is 0 Å². The van der Waals surface area contributed by atoms with Gasteiger partial charge in [0.1, 0.15) is 5.82 Å². The first-order valence-corrected chi connectivity index (χ1v) is 9.39. The molecule has 0 saturated heterocycles. The molecule has 0 spiro atoms. The summed E-state index contributed by atoms with van der Waals surface area (Å²) in [5, 5.41) is 4.17. The van der Waals surface area contributed by atoms with Gasteiger partial charge < -0.3 is 9.88 Å². The molecule has 0 aliphatic heterocycles. The number of benzene rings is 2. The summed E-state index contributed by atoms with van der Waals surface area (Å²) in [6.07, 6.45) is 5.41. The highest BCUT2D eigenvalue weighted by Gasteiger charge is 2.10. The average Bonchev–Trinajstić information content (AvgIpc) is 3.15. The van der Waals surface area contributed by atoms with Gasteiger partial charge in [0, 0.05) is 31.5 Å². The standard InChI is InChI=1S/C22H23N5O/c1-16(14-26-15-25-20-9-5-4-8-19(20)22(26)28)24-13-18-7-3-6-10-21(18)27-12-11-23-17(27)2/h3-12,15-16,24H,13-14H2,1-2H3/t16-/m0/s1. The van der Waals surface area contributed by atoms with E-state index in [2.05, 4.69) is 38.9 Å². The molecule has 6 heteroatoms. The van der Waals surface area contributed by atoms with Gasteiger partial charge >= 0.3 is 0 Å². The zero-order valence-corrected chi connectivity index (χ0v) is 16.0. The van der Waals surface area contributed by atoms with Crippen LogP contribution < -0.4 is 10.9 Å². The maximum atomic E-state index is 12.7. The summed E-state index contributed by atoms with van der Waals surface area (Å²) in [4.78, 5) is 21.4. The van der Waals surface area contributed by atoms with Crippen LogP contribution in [0.2, 0.25) is 0 Å². The molecule has 0 radical (unpaired) electrons. The fourth-order valence-corrected chi connectivity index (χ4v) is 3.41. The number of hydrogen-bond donors (Lipinski definition) is 1. The normalized spacial score (nSPS) is 12.4. The van der Waals surface area contributed by atoms with E-state index in [-0.39, 0.29) is 11.6 Å². The number of aryl methyl sites for hydroxylation is 1. The van der Waals surface area contributed by atoms with Crippen LogP contribution in [0.15, 0.2) is 72.0 Å². The Bertz CT molecular complexity index is 1160. The van der Waals surface area contributed by atoms with Crippen LogP contribution in [0, 0.1) is 6.92 Å². The van der Waals surface area contributed by atoms with Crippen LogP contribution in [0.3, 0.4) is 0 Å². The number of imidazole rings is 1. The molecule has 6 nitrogen and oxygen atoms in total. The van der Waals surface area contributed by atoms with Crippen molar-refractivity contribution in [3.8, 4) is 5.69 Å². The van der Waals surface area contributed by atoms with Crippen LogP contribution >= 0.6 is 0 Å². The first-order valence-electron chi connectivity index (χ1n) is 9.39. The third kappa shape index (κ3) is 3.59. The Balaban J connectivity index is 1.49. The maximum absolute atomic E-state index is 12.7. The monoisotopic (exact) mass is 373 g/mol. The smallest absolute Gasteiger partial charge is 0.261 e. The van der Waals surface area contributed by atoms with Gasteiger partial charge in [-0.1, -0.05) is 30.3 Å². The van der Waals surface area contributed by atoms with Gasteiger partial charge in [0.15, 0.2) is 0 Å². The molecule has 1 N–H and O–H groups in total. The van der Waals surface area contributed by atoms with Gasteiger partial charge in [0.25, 0.3) is 5.56 Å². The van der Waals surface area contributed by atoms with Crippen molar-refractivity contribution >= 4 is 10.9 Å². The van der Waals surface area contributed by atoms with Gasteiger partial charge in [0.2, 0.25) is 0 Å². The van der Waals surface area contributed by atoms with Crippen LogP contribution in [0.5, 0.6) is 0 Å². The van der Waals surface area contributed by atoms with Crippen molar-refractivity contribution in [3.05, 3.63) is 89.0 Å². The Morgan fingerprint density at radius 3 is 2.68 bits per heavy atom. The van der Waals surface area contributed by atoms with Crippen molar-refractivity contribution in [2.45, 2.75) is 33.0 Å². The predicted octanol–water partition coefficient (Wildman–Crippen LogP) is 3.07. The van der Waals surface area contributed by atoms with Gasteiger partial charge in [-0.15, -0.1) is 0 Å². The molecule has 0 aliphatic rings. The number of aromatic nitrogens is 4. The second-order valence-corrected chi connectivity index (χ2v) is 6.97. The largest absolute Gasteiger partial charge is 0.308 e. The summed E-state index contributed by atoms with van der Waals surface area (Å²) in [7, 11) is 0. The lowest BCUT2D eigenvalue weighted by atomic mass is 10.1. The molecule has 2 aromatic heterocycles. The summed E-state index contributed by atoms with van der Waals surface area (Å²) in [5.74, 6) is 0.953. The lowest BCUT2D eigenvalue weighted by Gasteiger charge is -2.18. The number of rotatable bonds is 6. The second-order valence-electron chi connectivity index (χ2n) is 6.97. The molecule has 0 aliphatic carbocycles. The molecule has 0 bridgehead atoms. The van der Waals surface area contributed by atoms with E-state index in [1.165, 1.54) is 5.56 Å². The van der Waals surface area contributed by atoms with E-state index in [0.717, 1.165) is 17.0 Å². The van der Waals surface area contributed by atoms with Crippen molar-refractivity contribution < 1.29 is 0 Å². The zero-order valence-electron chi connectivity index (χ0n) is 16.0. The van der Waals surface area contributed by atoms with Crippen molar-refractivity contribution in [3.63, 3.8) is 0 Å². The molecular weight excluding hydrogens is 350 g/mol. The molecule has 0 amide bonds. The second kappa shape index (κ2) is 7.78. The molecule has 4 aromatic rings. The highest BCUT2D eigenvalue weighted by atomic mass is 16.1. The fraction of sp³-hybridized carbons (Fsp3) is 0.227. The van der Waals surface area contributed by atoms with E-state index < -0.39 is 0 Å². The van der Waals surface area contributed by atoms with Gasteiger partial charge in [-0.2, -0.15) is 0 Å². The van der Waals surface area contributed by atoms with E-state index in [0.29, 0.717) is 18.5 Å². The minimum Gasteiger partial charge on any atom is -0.308 e. The van der Waals surface area contributed by atoms with Crippen LogP contribution in [-0.4, -0.2) is 25.1 Å². The minimum absolute atomic E-state index is 0.00584. The first kappa shape index (κ1) is 18.1.